The van der Waals surface area contributed by atoms with E-state index in [2.05, 4.69) is 15.3 Å². The van der Waals surface area contributed by atoms with Gasteiger partial charge in [0.05, 0.1) is 6.33 Å². The number of carbonyl (C=O) groups is 1. The lowest BCUT2D eigenvalue weighted by Gasteiger charge is -2.05. The monoisotopic (exact) mass is 246 g/mol. The summed E-state index contributed by atoms with van der Waals surface area (Å²) >= 11 is 0. The van der Waals surface area contributed by atoms with Gasteiger partial charge >= 0.3 is 0 Å². The third-order valence-corrected chi connectivity index (χ3v) is 2.52. The molecule has 2 heterocycles. The SMILES string of the molecule is Cc1cc(=O)c(C(=O)NCCn2ccnc2)c[nH]1. The Labute approximate surface area is 104 Å². The summed E-state index contributed by atoms with van der Waals surface area (Å²) in [5.41, 5.74) is 0.590. The molecule has 2 N–H and O–H groups in total. The average molecular weight is 246 g/mol. The standard InChI is InChI=1S/C12H14N4O2/c1-9-6-11(17)10(7-15-9)12(18)14-3-5-16-4-2-13-8-16/h2,4,6-8H,3,5H2,1H3,(H,14,18)(H,15,17). The van der Waals surface area contributed by atoms with Crippen molar-refractivity contribution in [3.63, 3.8) is 0 Å². The van der Waals surface area contributed by atoms with E-state index in [9.17, 15) is 9.59 Å². The van der Waals surface area contributed by atoms with Gasteiger partial charge in [0.25, 0.3) is 5.91 Å². The average Bonchev–Trinajstić information content (AvgIpc) is 2.81. The van der Waals surface area contributed by atoms with Crippen LogP contribution in [0.3, 0.4) is 0 Å². The minimum absolute atomic E-state index is 0.131. The van der Waals surface area contributed by atoms with Crippen molar-refractivity contribution in [1.29, 1.82) is 0 Å². The summed E-state index contributed by atoms with van der Waals surface area (Å²) in [6, 6.07) is 1.41. The van der Waals surface area contributed by atoms with Crippen LogP contribution >= 0.6 is 0 Å². The molecule has 0 fully saturated rings. The molecule has 0 saturated heterocycles. The van der Waals surface area contributed by atoms with Crippen LogP contribution < -0.4 is 10.7 Å². The number of H-pyrrole nitrogens is 1. The maximum Gasteiger partial charge on any atom is 0.256 e. The van der Waals surface area contributed by atoms with E-state index in [1.54, 1.807) is 19.4 Å². The van der Waals surface area contributed by atoms with Crippen molar-refractivity contribution in [3.05, 3.63) is 52.5 Å². The highest BCUT2D eigenvalue weighted by Gasteiger charge is 2.09. The molecule has 0 unspecified atom stereocenters. The zero-order chi connectivity index (χ0) is 13.0. The Morgan fingerprint density at radius 1 is 1.56 bits per heavy atom. The van der Waals surface area contributed by atoms with Gasteiger partial charge in [-0.2, -0.15) is 0 Å². The van der Waals surface area contributed by atoms with Gasteiger partial charge in [0, 0.05) is 43.4 Å². The van der Waals surface area contributed by atoms with Gasteiger partial charge in [-0.25, -0.2) is 4.98 Å². The van der Waals surface area contributed by atoms with E-state index in [0.29, 0.717) is 13.1 Å². The first kappa shape index (κ1) is 12.1. The number of rotatable bonds is 4. The molecule has 2 rings (SSSR count). The van der Waals surface area contributed by atoms with Gasteiger partial charge in [0.1, 0.15) is 5.56 Å². The van der Waals surface area contributed by atoms with Crippen LogP contribution in [0.2, 0.25) is 0 Å². The van der Waals surface area contributed by atoms with Crippen molar-refractivity contribution in [1.82, 2.24) is 19.9 Å². The quantitative estimate of drug-likeness (QED) is 0.814. The molecule has 2 aromatic rings. The lowest BCUT2D eigenvalue weighted by atomic mass is 10.2. The molecule has 0 spiro atoms. The van der Waals surface area contributed by atoms with E-state index in [4.69, 9.17) is 0 Å². The number of nitrogens with one attached hydrogen (secondary N) is 2. The number of nitrogens with zero attached hydrogens (tertiary/aromatic N) is 2. The molecule has 0 saturated carbocycles. The largest absolute Gasteiger partial charge is 0.364 e. The number of carbonyl (C=O) groups excluding carboxylic acids is 1. The second-order valence-corrected chi connectivity index (χ2v) is 3.95. The Kier molecular flexibility index (Phi) is 3.57. The molecule has 0 aliphatic carbocycles. The van der Waals surface area contributed by atoms with E-state index in [1.165, 1.54) is 12.3 Å². The van der Waals surface area contributed by atoms with E-state index >= 15 is 0 Å². The molecule has 0 aromatic carbocycles. The number of aromatic nitrogens is 3. The molecule has 0 aliphatic rings. The molecule has 0 aliphatic heterocycles. The van der Waals surface area contributed by atoms with Crippen molar-refractivity contribution in [2.75, 3.05) is 6.54 Å². The van der Waals surface area contributed by atoms with Crippen LogP contribution in [0.15, 0.2) is 35.8 Å². The summed E-state index contributed by atoms with van der Waals surface area (Å²) in [5.74, 6) is -0.364. The number of imidazole rings is 1. The molecule has 6 nitrogen and oxygen atoms in total. The second kappa shape index (κ2) is 5.31. The molecule has 1 amide bonds. The summed E-state index contributed by atoms with van der Waals surface area (Å²) in [7, 11) is 0. The number of aromatic amines is 1. The predicted octanol–water partition coefficient (Wildman–Crippen LogP) is 0.310. The normalized spacial score (nSPS) is 10.3. The number of hydrogen-bond acceptors (Lipinski definition) is 3. The van der Waals surface area contributed by atoms with Gasteiger partial charge in [-0.1, -0.05) is 0 Å². The summed E-state index contributed by atoms with van der Waals surface area (Å²) in [6.07, 6.45) is 6.59. The van der Waals surface area contributed by atoms with Crippen LogP contribution in [-0.2, 0) is 6.54 Å². The van der Waals surface area contributed by atoms with Gasteiger partial charge in [0.15, 0.2) is 5.43 Å². The highest BCUT2D eigenvalue weighted by Crippen LogP contribution is 1.92. The number of aryl methyl sites for hydroxylation is 1. The van der Waals surface area contributed by atoms with Gasteiger partial charge in [-0.3, -0.25) is 9.59 Å². The van der Waals surface area contributed by atoms with Crippen LogP contribution in [0.4, 0.5) is 0 Å². The molecule has 0 radical (unpaired) electrons. The molecule has 2 aromatic heterocycles. The molecule has 18 heavy (non-hydrogen) atoms. The minimum Gasteiger partial charge on any atom is -0.364 e. The van der Waals surface area contributed by atoms with Crippen molar-refractivity contribution in [3.8, 4) is 0 Å². The highest BCUT2D eigenvalue weighted by atomic mass is 16.2. The van der Waals surface area contributed by atoms with Crippen molar-refractivity contribution in [2.45, 2.75) is 13.5 Å². The lowest BCUT2D eigenvalue weighted by Crippen LogP contribution is -2.31. The molecular formula is C12H14N4O2. The maximum atomic E-state index is 11.7. The summed E-state index contributed by atoms with van der Waals surface area (Å²) in [5, 5.41) is 2.69. The van der Waals surface area contributed by atoms with Crippen molar-refractivity contribution >= 4 is 5.91 Å². The fourth-order valence-corrected chi connectivity index (χ4v) is 1.56. The first-order chi connectivity index (χ1) is 8.66. The smallest absolute Gasteiger partial charge is 0.256 e. The van der Waals surface area contributed by atoms with Crippen LogP contribution in [0, 0.1) is 6.92 Å². The van der Waals surface area contributed by atoms with E-state index in [-0.39, 0.29) is 16.9 Å². The molecular weight excluding hydrogens is 232 g/mol. The van der Waals surface area contributed by atoms with Crippen LogP contribution in [0.1, 0.15) is 16.1 Å². The Hall–Kier alpha value is -2.37. The van der Waals surface area contributed by atoms with Gasteiger partial charge in [-0.15, -0.1) is 0 Å². The topological polar surface area (TPSA) is 79.8 Å². The highest BCUT2D eigenvalue weighted by molar-refractivity contribution is 5.93. The fourth-order valence-electron chi connectivity index (χ4n) is 1.56. The van der Waals surface area contributed by atoms with Crippen LogP contribution in [0.5, 0.6) is 0 Å². The zero-order valence-corrected chi connectivity index (χ0v) is 10.0. The molecule has 0 atom stereocenters. The Morgan fingerprint density at radius 2 is 2.39 bits per heavy atom. The predicted molar refractivity (Wildman–Crippen MR) is 66.4 cm³/mol. The first-order valence-electron chi connectivity index (χ1n) is 5.60. The third kappa shape index (κ3) is 2.85. The van der Waals surface area contributed by atoms with Gasteiger partial charge in [0.2, 0.25) is 0 Å². The zero-order valence-electron chi connectivity index (χ0n) is 10.0. The Balaban J connectivity index is 1.93. The van der Waals surface area contributed by atoms with Gasteiger partial charge < -0.3 is 14.9 Å². The van der Waals surface area contributed by atoms with Gasteiger partial charge in [-0.05, 0) is 6.92 Å². The second-order valence-electron chi connectivity index (χ2n) is 3.95. The first-order valence-corrected chi connectivity index (χ1v) is 5.60. The third-order valence-electron chi connectivity index (χ3n) is 2.52. The molecule has 6 heteroatoms. The number of pyridine rings is 1. The minimum atomic E-state index is -0.364. The summed E-state index contributed by atoms with van der Waals surface area (Å²) in [4.78, 5) is 30.1. The Bertz CT molecular complexity index is 586. The number of hydrogen-bond donors (Lipinski definition) is 2. The fraction of sp³-hybridized carbons (Fsp3) is 0.250. The molecule has 94 valence electrons. The summed E-state index contributed by atoms with van der Waals surface area (Å²) in [6.45, 7) is 2.83. The molecule has 0 bridgehead atoms. The van der Waals surface area contributed by atoms with E-state index in [1.807, 2.05) is 10.8 Å². The van der Waals surface area contributed by atoms with E-state index in [0.717, 1.165) is 5.69 Å². The Morgan fingerprint density at radius 3 is 3.06 bits per heavy atom. The van der Waals surface area contributed by atoms with Crippen LogP contribution in [-0.4, -0.2) is 27.0 Å². The van der Waals surface area contributed by atoms with Crippen molar-refractivity contribution in [2.24, 2.45) is 0 Å². The van der Waals surface area contributed by atoms with E-state index < -0.39 is 0 Å². The summed E-state index contributed by atoms with van der Waals surface area (Å²) < 4.78 is 1.85. The number of amides is 1. The maximum absolute atomic E-state index is 11.7. The van der Waals surface area contributed by atoms with Crippen molar-refractivity contribution < 1.29 is 4.79 Å². The lowest BCUT2D eigenvalue weighted by molar-refractivity contribution is 0.0951. The van der Waals surface area contributed by atoms with Crippen LogP contribution in [0.25, 0.3) is 0 Å².